The van der Waals surface area contributed by atoms with Crippen LogP contribution in [0.4, 0.5) is 10.1 Å². The second-order valence-electron chi connectivity index (χ2n) is 3.76. The Labute approximate surface area is 94.6 Å². The van der Waals surface area contributed by atoms with Crippen molar-refractivity contribution in [2.75, 3.05) is 12.4 Å². The Bertz CT molecular complexity index is 359. The van der Waals surface area contributed by atoms with E-state index in [1.54, 1.807) is 6.07 Å². The number of hydrogen-bond acceptors (Lipinski definition) is 3. The number of anilines is 1. The molecule has 0 aliphatic carbocycles. The van der Waals surface area contributed by atoms with Gasteiger partial charge in [-0.15, -0.1) is 0 Å². The summed E-state index contributed by atoms with van der Waals surface area (Å²) in [5.41, 5.74) is 1.26. The SMILES string of the molecule is COC(=O)CC(C)Nc1c(C)cccc1F. The van der Waals surface area contributed by atoms with Crippen LogP contribution in [0.15, 0.2) is 18.2 Å². The molecule has 1 unspecified atom stereocenters. The van der Waals surface area contributed by atoms with E-state index in [2.05, 4.69) is 10.1 Å². The van der Waals surface area contributed by atoms with E-state index in [4.69, 9.17) is 0 Å². The van der Waals surface area contributed by atoms with Crippen LogP contribution < -0.4 is 5.32 Å². The maximum atomic E-state index is 13.5. The molecule has 0 heterocycles. The fourth-order valence-corrected chi connectivity index (χ4v) is 1.45. The average Bonchev–Trinajstić information content (AvgIpc) is 2.23. The molecule has 0 spiro atoms. The molecule has 88 valence electrons. The number of carbonyl (C=O) groups is 1. The third kappa shape index (κ3) is 3.22. The molecule has 0 aromatic heterocycles. The summed E-state index contributed by atoms with van der Waals surface area (Å²) in [6, 6.07) is 4.69. The van der Waals surface area contributed by atoms with Gasteiger partial charge in [-0.25, -0.2) is 4.39 Å². The van der Waals surface area contributed by atoms with Crippen molar-refractivity contribution in [2.24, 2.45) is 0 Å². The van der Waals surface area contributed by atoms with Crippen LogP contribution in [0.1, 0.15) is 18.9 Å². The first-order chi connectivity index (χ1) is 7.54. The summed E-state index contributed by atoms with van der Waals surface area (Å²) in [4.78, 5) is 11.0. The lowest BCUT2D eigenvalue weighted by Crippen LogP contribution is -2.21. The van der Waals surface area contributed by atoms with Crippen LogP contribution in [0, 0.1) is 12.7 Å². The van der Waals surface area contributed by atoms with E-state index in [-0.39, 0.29) is 24.2 Å². The molecular weight excluding hydrogens is 209 g/mol. The summed E-state index contributed by atoms with van der Waals surface area (Å²) in [7, 11) is 1.34. The molecule has 1 rings (SSSR count). The van der Waals surface area contributed by atoms with Gasteiger partial charge < -0.3 is 10.1 Å². The molecule has 0 amide bonds. The standard InChI is InChI=1S/C12H16FNO2/c1-8-5-4-6-10(13)12(8)14-9(2)7-11(15)16-3/h4-6,9,14H,7H2,1-3H3. The fourth-order valence-electron chi connectivity index (χ4n) is 1.45. The maximum Gasteiger partial charge on any atom is 0.307 e. The van der Waals surface area contributed by atoms with Gasteiger partial charge in [0.15, 0.2) is 0 Å². The molecule has 0 radical (unpaired) electrons. The summed E-state index contributed by atoms with van der Waals surface area (Å²) in [6.45, 7) is 3.62. The van der Waals surface area contributed by atoms with Crippen LogP contribution in [0.25, 0.3) is 0 Å². The summed E-state index contributed by atoms with van der Waals surface area (Å²) in [6.07, 6.45) is 0.213. The molecular formula is C12H16FNO2. The number of aryl methyl sites for hydroxylation is 1. The van der Waals surface area contributed by atoms with Gasteiger partial charge in [0, 0.05) is 6.04 Å². The fraction of sp³-hybridized carbons (Fsp3) is 0.417. The van der Waals surface area contributed by atoms with Gasteiger partial charge in [0.05, 0.1) is 19.2 Å². The summed E-state index contributed by atoms with van der Waals surface area (Å²) in [5, 5.41) is 2.97. The van der Waals surface area contributed by atoms with Crippen LogP contribution in [-0.4, -0.2) is 19.1 Å². The normalized spacial score (nSPS) is 12.0. The van der Waals surface area contributed by atoms with Gasteiger partial charge >= 0.3 is 5.97 Å². The van der Waals surface area contributed by atoms with Crippen molar-refractivity contribution < 1.29 is 13.9 Å². The zero-order chi connectivity index (χ0) is 12.1. The largest absolute Gasteiger partial charge is 0.469 e. The Morgan fingerprint density at radius 1 is 1.56 bits per heavy atom. The molecule has 0 fully saturated rings. The lowest BCUT2D eigenvalue weighted by molar-refractivity contribution is -0.140. The molecule has 0 saturated carbocycles. The van der Waals surface area contributed by atoms with Crippen molar-refractivity contribution >= 4 is 11.7 Å². The van der Waals surface area contributed by atoms with E-state index < -0.39 is 0 Å². The molecule has 0 aliphatic heterocycles. The van der Waals surface area contributed by atoms with Crippen molar-refractivity contribution in [3.05, 3.63) is 29.6 Å². The van der Waals surface area contributed by atoms with Crippen molar-refractivity contribution in [1.82, 2.24) is 0 Å². The average molecular weight is 225 g/mol. The topological polar surface area (TPSA) is 38.3 Å². The number of para-hydroxylation sites is 1. The van der Waals surface area contributed by atoms with Gasteiger partial charge in [0.25, 0.3) is 0 Å². The second-order valence-corrected chi connectivity index (χ2v) is 3.76. The Morgan fingerprint density at radius 3 is 2.81 bits per heavy atom. The first-order valence-electron chi connectivity index (χ1n) is 5.13. The minimum absolute atomic E-state index is 0.164. The summed E-state index contributed by atoms with van der Waals surface area (Å²) < 4.78 is 18.0. The highest BCUT2D eigenvalue weighted by molar-refractivity contribution is 5.70. The van der Waals surface area contributed by atoms with E-state index in [1.165, 1.54) is 13.2 Å². The predicted octanol–water partition coefficient (Wildman–Crippen LogP) is 2.50. The zero-order valence-electron chi connectivity index (χ0n) is 9.71. The number of ether oxygens (including phenoxy) is 1. The Hall–Kier alpha value is -1.58. The van der Waals surface area contributed by atoms with Crippen LogP contribution in [0.5, 0.6) is 0 Å². The number of nitrogens with one attached hydrogen (secondary N) is 1. The molecule has 1 N–H and O–H groups in total. The molecule has 0 aliphatic rings. The molecule has 0 bridgehead atoms. The molecule has 0 saturated heterocycles. The third-order valence-electron chi connectivity index (χ3n) is 2.31. The van der Waals surface area contributed by atoms with E-state index >= 15 is 0 Å². The van der Waals surface area contributed by atoms with Crippen molar-refractivity contribution in [1.29, 1.82) is 0 Å². The third-order valence-corrected chi connectivity index (χ3v) is 2.31. The van der Waals surface area contributed by atoms with Crippen LogP contribution in [0.2, 0.25) is 0 Å². The van der Waals surface area contributed by atoms with Crippen LogP contribution in [-0.2, 0) is 9.53 Å². The van der Waals surface area contributed by atoms with Crippen LogP contribution >= 0.6 is 0 Å². The molecule has 1 aromatic rings. The van der Waals surface area contributed by atoms with Gasteiger partial charge in [-0.2, -0.15) is 0 Å². The number of methoxy groups -OCH3 is 1. The lowest BCUT2D eigenvalue weighted by Gasteiger charge is -2.16. The van der Waals surface area contributed by atoms with E-state index in [1.807, 2.05) is 19.9 Å². The number of esters is 1. The van der Waals surface area contributed by atoms with Gasteiger partial charge in [-0.3, -0.25) is 4.79 Å². The smallest absolute Gasteiger partial charge is 0.307 e. The molecule has 1 aromatic carbocycles. The monoisotopic (exact) mass is 225 g/mol. The molecule has 16 heavy (non-hydrogen) atoms. The van der Waals surface area contributed by atoms with E-state index in [0.717, 1.165) is 5.56 Å². The Kier molecular flexibility index (Phi) is 4.28. The second kappa shape index (κ2) is 5.49. The minimum atomic E-state index is -0.311. The number of carbonyl (C=O) groups excluding carboxylic acids is 1. The summed E-state index contributed by atoms with van der Waals surface area (Å²) in [5.74, 6) is -0.620. The van der Waals surface area contributed by atoms with Crippen LogP contribution in [0.3, 0.4) is 0 Å². The predicted molar refractivity (Wildman–Crippen MR) is 60.9 cm³/mol. The first-order valence-corrected chi connectivity index (χ1v) is 5.13. The molecule has 3 nitrogen and oxygen atoms in total. The lowest BCUT2D eigenvalue weighted by atomic mass is 10.1. The first kappa shape index (κ1) is 12.5. The van der Waals surface area contributed by atoms with Crippen molar-refractivity contribution in [2.45, 2.75) is 26.3 Å². The minimum Gasteiger partial charge on any atom is -0.469 e. The Balaban J connectivity index is 2.69. The zero-order valence-corrected chi connectivity index (χ0v) is 9.71. The summed E-state index contributed by atoms with van der Waals surface area (Å²) >= 11 is 0. The van der Waals surface area contributed by atoms with Crippen molar-refractivity contribution in [3.8, 4) is 0 Å². The van der Waals surface area contributed by atoms with Crippen molar-refractivity contribution in [3.63, 3.8) is 0 Å². The Morgan fingerprint density at radius 2 is 2.25 bits per heavy atom. The van der Waals surface area contributed by atoms with E-state index in [9.17, 15) is 9.18 Å². The number of hydrogen-bond donors (Lipinski definition) is 1. The number of rotatable bonds is 4. The maximum absolute atomic E-state index is 13.5. The number of halogens is 1. The number of benzene rings is 1. The molecule has 1 atom stereocenters. The highest BCUT2D eigenvalue weighted by Crippen LogP contribution is 2.20. The molecule has 4 heteroatoms. The highest BCUT2D eigenvalue weighted by atomic mass is 19.1. The van der Waals surface area contributed by atoms with Gasteiger partial charge in [0.1, 0.15) is 5.82 Å². The van der Waals surface area contributed by atoms with E-state index in [0.29, 0.717) is 5.69 Å². The van der Waals surface area contributed by atoms with Gasteiger partial charge in [-0.1, -0.05) is 12.1 Å². The van der Waals surface area contributed by atoms with Gasteiger partial charge in [0.2, 0.25) is 0 Å². The highest BCUT2D eigenvalue weighted by Gasteiger charge is 2.12. The quantitative estimate of drug-likeness (QED) is 0.800. The van der Waals surface area contributed by atoms with Gasteiger partial charge in [-0.05, 0) is 25.5 Å².